The molecular formula is C18H12N4O4S. The van der Waals surface area contributed by atoms with E-state index in [0.717, 1.165) is 0 Å². The Morgan fingerprint density at radius 2 is 2.04 bits per heavy atom. The number of para-hydroxylation sites is 1. The number of thiazole rings is 1. The molecule has 0 atom stereocenters. The van der Waals surface area contributed by atoms with Crippen LogP contribution in [0.15, 0.2) is 53.3 Å². The van der Waals surface area contributed by atoms with E-state index < -0.39 is 4.92 Å². The molecule has 2 aromatic heterocycles. The molecule has 0 spiro atoms. The van der Waals surface area contributed by atoms with Gasteiger partial charge in [0.1, 0.15) is 5.75 Å². The van der Waals surface area contributed by atoms with Crippen LogP contribution in [0.1, 0.15) is 5.56 Å². The highest BCUT2D eigenvalue weighted by atomic mass is 32.1. The van der Waals surface area contributed by atoms with Crippen LogP contribution in [-0.4, -0.2) is 26.6 Å². The molecule has 0 radical (unpaired) electrons. The molecule has 0 amide bonds. The quantitative estimate of drug-likeness (QED) is 0.398. The molecular weight excluding hydrogens is 368 g/mol. The Balaban J connectivity index is 1.81. The molecule has 134 valence electrons. The number of hydrogen-bond acceptors (Lipinski definition) is 7. The summed E-state index contributed by atoms with van der Waals surface area (Å²) in [7, 11) is 1.56. The third-order valence-corrected chi connectivity index (χ3v) is 4.87. The number of aromatic nitrogens is 3. The molecule has 0 fully saturated rings. The number of rotatable bonds is 4. The van der Waals surface area contributed by atoms with Gasteiger partial charge in [0.25, 0.3) is 11.2 Å². The molecule has 0 aliphatic carbocycles. The third-order valence-electron chi connectivity index (χ3n) is 3.91. The number of non-ortho nitro benzene ring substituents is 1. The predicted molar refractivity (Wildman–Crippen MR) is 101 cm³/mol. The van der Waals surface area contributed by atoms with Crippen molar-refractivity contribution in [3.05, 3.63) is 79.1 Å². The fourth-order valence-corrected chi connectivity index (χ4v) is 3.56. The Morgan fingerprint density at radius 3 is 2.78 bits per heavy atom. The van der Waals surface area contributed by atoms with Crippen molar-refractivity contribution < 1.29 is 9.66 Å². The van der Waals surface area contributed by atoms with E-state index in [9.17, 15) is 14.9 Å². The molecule has 0 aliphatic rings. The lowest BCUT2D eigenvalue weighted by Crippen LogP contribution is -2.23. The highest BCUT2D eigenvalue weighted by Gasteiger charge is 2.15. The molecule has 4 aromatic rings. The van der Waals surface area contributed by atoms with E-state index in [2.05, 4.69) is 10.1 Å². The van der Waals surface area contributed by atoms with Crippen molar-refractivity contribution >= 4 is 28.1 Å². The number of benzene rings is 2. The molecule has 0 saturated heterocycles. The summed E-state index contributed by atoms with van der Waals surface area (Å²) in [5.74, 6) is 1.02. The fraction of sp³-hybridized carbons (Fsp3) is 0.0556. The SMILES string of the molecule is COc1ccccc1-c1nc2s/c(=C/c3cccc([N+](=O)[O-])c3)c(=O)n2n1. The summed E-state index contributed by atoms with van der Waals surface area (Å²) >= 11 is 1.17. The van der Waals surface area contributed by atoms with Crippen molar-refractivity contribution in [2.45, 2.75) is 0 Å². The second kappa shape index (κ2) is 6.61. The zero-order valence-corrected chi connectivity index (χ0v) is 14.8. The van der Waals surface area contributed by atoms with Gasteiger partial charge in [-0.05, 0) is 23.8 Å². The molecule has 8 nitrogen and oxygen atoms in total. The lowest BCUT2D eigenvalue weighted by atomic mass is 10.2. The van der Waals surface area contributed by atoms with Gasteiger partial charge in [0.15, 0.2) is 5.82 Å². The zero-order chi connectivity index (χ0) is 19.0. The second-order valence-corrected chi connectivity index (χ2v) is 6.61. The lowest BCUT2D eigenvalue weighted by Gasteiger charge is -2.03. The Hall–Kier alpha value is -3.59. The van der Waals surface area contributed by atoms with Crippen molar-refractivity contribution in [3.63, 3.8) is 0 Å². The number of hydrogen-bond donors (Lipinski definition) is 0. The standard InChI is InChI=1S/C18H12N4O4S/c1-26-14-8-3-2-7-13(14)16-19-18-21(20-16)17(23)15(27-18)10-11-5-4-6-12(9-11)22(24)25/h2-10H,1H3/b15-10+. The van der Waals surface area contributed by atoms with Gasteiger partial charge in [0, 0.05) is 12.1 Å². The molecule has 2 heterocycles. The van der Waals surface area contributed by atoms with Crippen LogP contribution in [0.5, 0.6) is 5.75 Å². The zero-order valence-electron chi connectivity index (χ0n) is 14.0. The number of nitro groups is 1. The second-order valence-electron chi connectivity index (χ2n) is 5.60. The van der Waals surface area contributed by atoms with Crippen LogP contribution in [0.25, 0.3) is 22.4 Å². The highest BCUT2D eigenvalue weighted by molar-refractivity contribution is 7.15. The predicted octanol–water partition coefficient (Wildman–Crippen LogP) is 2.28. The van der Waals surface area contributed by atoms with Crippen LogP contribution in [0.2, 0.25) is 0 Å². The van der Waals surface area contributed by atoms with E-state index >= 15 is 0 Å². The minimum atomic E-state index is -0.474. The Morgan fingerprint density at radius 1 is 1.22 bits per heavy atom. The largest absolute Gasteiger partial charge is 0.496 e. The minimum Gasteiger partial charge on any atom is -0.496 e. The molecule has 27 heavy (non-hydrogen) atoms. The molecule has 0 bridgehead atoms. The van der Waals surface area contributed by atoms with Crippen LogP contribution in [0, 0.1) is 10.1 Å². The Kier molecular flexibility index (Phi) is 4.13. The van der Waals surface area contributed by atoms with Gasteiger partial charge < -0.3 is 4.74 Å². The first-order chi connectivity index (χ1) is 13.1. The molecule has 4 rings (SSSR count). The molecule has 0 N–H and O–H groups in total. The van der Waals surface area contributed by atoms with Crippen molar-refractivity contribution in [2.24, 2.45) is 0 Å². The number of methoxy groups -OCH3 is 1. The van der Waals surface area contributed by atoms with E-state index in [-0.39, 0.29) is 11.2 Å². The maximum Gasteiger partial charge on any atom is 0.291 e. The summed E-state index contributed by atoms with van der Waals surface area (Å²) in [6, 6.07) is 13.4. The summed E-state index contributed by atoms with van der Waals surface area (Å²) in [4.78, 5) is 27.9. The Labute approximate surface area is 156 Å². The summed E-state index contributed by atoms with van der Waals surface area (Å²) in [6.07, 6.45) is 1.60. The topological polar surface area (TPSA) is 99.6 Å². The highest BCUT2D eigenvalue weighted by Crippen LogP contribution is 2.27. The third kappa shape index (κ3) is 3.04. The van der Waals surface area contributed by atoms with Crippen LogP contribution in [-0.2, 0) is 0 Å². The summed E-state index contributed by atoms with van der Waals surface area (Å²) < 4.78 is 6.94. The van der Waals surface area contributed by atoms with E-state index in [1.54, 1.807) is 31.4 Å². The van der Waals surface area contributed by atoms with Gasteiger partial charge in [0.05, 0.1) is 22.1 Å². The number of nitrogens with zero attached hydrogens (tertiary/aromatic N) is 4. The molecule has 9 heteroatoms. The van der Waals surface area contributed by atoms with Crippen LogP contribution < -0.4 is 14.8 Å². The average molecular weight is 380 g/mol. The molecule has 0 aliphatic heterocycles. The lowest BCUT2D eigenvalue weighted by molar-refractivity contribution is -0.384. The van der Waals surface area contributed by atoms with Crippen LogP contribution in [0.3, 0.4) is 0 Å². The number of ether oxygens (including phenoxy) is 1. The maximum absolute atomic E-state index is 12.6. The minimum absolute atomic E-state index is 0.0332. The maximum atomic E-state index is 12.6. The van der Waals surface area contributed by atoms with Gasteiger partial charge in [-0.3, -0.25) is 14.9 Å². The van der Waals surface area contributed by atoms with Gasteiger partial charge in [-0.15, -0.1) is 5.10 Å². The number of fused-ring (bicyclic) bond motifs is 1. The molecule has 0 saturated carbocycles. The normalized spacial score (nSPS) is 11.8. The average Bonchev–Trinajstić information content (AvgIpc) is 3.21. The first-order valence-electron chi connectivity index (χ1n) is 7.86. The van der Waals surface area contributed by atoms with Crippen LogP contribution >= 0.6 is 11.3 Å². The van der Waals surface area contributed by atoms with E-state index in [1.165, 1.54) is 28.0 Å². The van der Waals surface area contributed by atoms with Gasteiger partial charge in [-0.2, -0.15) is 9.50 Å². The van der Waals surface area contributed by atoms with E-state index in [0.29, 0.717) is 32.2 Å². The van der Waals surface area contributed by atoms with Gasteiger partial charge in [-0.25, -0.2) is 0 Å². The Bertz CT molecular complexity index is 1280. The van der Waals surface area contributed by atoms with Gasteiger partial charge >= 0.3 is 0 Å². The molecule has 0 unspecified atom stereocenters. The monoisotopic (exact) mass is 380 g/mol. The smallest absolute Gasteiger partial charge is 0.291 e. The van der Waals surface area contributed by atoms with Crippen LogP contribution in [0.4, 0.5) is 5.69 Å². The molecule has 2 aromatic carbocycles. The summed E-state index contributed by atoms with van der Waals surface area (Å²) in [6.45, 7) is 0. The van der Waals surface area contributed by atoms with Crippen molar-refractivity contribution in [1.29, 1.82) is 0 Å². The summed E-state index contributed by atoms with van der Waals surface area (Å²) in [5.41, 5.74) is 0.902. The van der Waals surface area contributed by atoms with Crippen molar-refractivity contribution in [3.8, 4) is 17.1 Å². The first kappa shape index (κ1) is 16.9. The summed E-state index contributed by atoms with van der Waals surface area (Å²) in [5, 5.41) is 15.2. The van der Waals surface area contributed by atoms with Gasteiger partial charge in [-0.1, -0.05) is 35.6 Å². The van der Waals surface area contributed by atoms with E-state index in [1.807, 2.05) is 18.2 Å². The first-order valence-corrected chi connectivity index (χ1v) is 8.67. The number of nitro benzene ring substituents is 1. The van der Waals surface area contributed by atoms with E-state index in [4.69, 9.17) is 4.74 Å². The fourth-order valence-electron chi connectivity index (χ4n) is 2.66. The van der Waals surface area contributed by atoms with Crippen molar-refractivity contribution in [2.75, 3.05) is 7.11 Å². The van der Waals surface area contributed by atoms with Crippen molar-refractivity contribution in [1.82, 2.24) is 14.6 Å². The van der Waals surface area contributed by atoms with Gasteiger partial charge in [0.2, 0.25) is 4.96 Å².